The number of nitrogens with zero attached hydrogens (tertiary/aromatic N) is 3. The van der Waals surface area contributed by atoms with Crippen LogP contribution in [0.3, 0.4) is 0 Å². The van der Waals surface area contributed by atoms with Gasteiger partial charge in [-0.3, -0.25) is 14.5 Å². The fourth-order valence-corrected chi connectivity index (χ4v) is 4.78. The van der Waals surface area contributed by atoms with Crippen LogP contribution in [0.25, 0.3) is 10.8 Å². The number of benzene rings is 2. The third kappa shape index (κ3) is 4.28. The van der Waals surface area contributed by atoms with E-state index >= 15 is 0 Å². The lowest BCUT2D eigenvalue weighted by Crippen LogP contribution is -2.45. The van der Waals surface area contributed by atoms with Gasteiger partial charge in [0.1, 0.15) is 5.54 Å². The van der Waals surface area contributed by atoms with Gasteiger partial charge in [0.25, 0.3) is 11.8 Å². The molecular weight excluding hydrogens is 436 g/mol. The average molecular weight is 463 g/mol. The molecule has 0 unspecified atom stereocenters. The first kappa shape index (κ1) is 23.1. The number of amides is 2. The van der Waals surface area contributed by atoms with E-state index in [4.69, 9.17) is 17.4 Å². The monoisotopic (exact) mass is 462 g/mol. The first-order chi connectivity index (χ1) is 14.4. The largest absolute Gasteiger partial charge is 0.345 e. The molecule has 2 N–H and O–H groups in total. The van der Waals surface area contributed by atoms with Gasteiger partial charge in [0.15, 0.2) is 5.11 Å². The molecule has 31 heavy (non-hydrogen) atoms. The van der Waals surface area contributed by atoms with Crippen molar-refractivity contribution in [1.82, 2.24) is 9.80 Å². The third-order valence-corrected chi connectivity index (χ3v) is 6.67. The molecule has 2 aromatic rings. The molecule has 8 nitrogen and oxygen atoms in total. The van der Waals surface area contributed by atoms with Crippen LogP contribution in [-0.2, 0) is 14.8 Å². The molecule has 0 radical (unpaired) electrons. The Morgan fingerprint density at radius 3 is 2.32 bits per heavy atom. The van der Waals surface area contributed by atoms with Crippen molar-refractivity contribution in [3.05, 3.63) is 42.0 Å². The maximum atomic E-state index is 13.4. The van der Waals surface area contributed by atoms with Gasteiger partial charge in [-0.25, -0.2) is 13.6 Å². The third-order valence-electron chi connectivity index (χ3n) is 5.41. The average Bonchev–Trinajstić information content (AvgIpc) is 2.85. The fraction of sp³-hybridized carbons (Fsp3) is 0.381. The molecule has 1 heterocycles. The van der Waals surface area contributed by atoms with E-state index in [1.165, 1.54) is 9.80 Å². The Morgan fingerprint density at radius 1 is 1.13 bits per heavy atom. The van der Waals surface area contributed by atoms with Gasteiger partial charge < -0.3 is 9.80 Å². The van der Waals surface area contributed by atoms with Gasteiger partial charge in [-0.15, -0.1) is 0 Å². The minimum Gasteiger partial charge on any atom is -0.345 e. The number of hydrogen-bond donors (Lipinski definition) is 1. The quantitative estimate of drug-likeness (QED) is 0.658. The summed E-state index contributed by atoms with van der Waals surface area (Å²) in [5.41, 5.74) is 0.170. The Labute approximate surface area is 187 Å². The number of carbonyl (C=O) groups excluding carboxylic acids is 2. The molecule has 3 rings (SSSR count). The van der Waals surface area contributed by atoms with Gasteiger partial charge in [0.2, 0.25) is 10.0 Å². The number of carbonyl (C=O) groups is 2. The summed E-state index contributed by atoms with van der Waals surface area (Å²) >= 11 is 5.64. The van der Waals surface area contributed by atoms with E-state index in [0.29, 0.717) is 16.4 Å². The van der Waals surface area contributed by atoms with Crippen molar-refractivity contribution in [1.29, 1.82) is 0 Å². The Bertz CT molecular complexity index is 1180. The second kappa shape index (κ2) is 8.18. The van der Waals surface area contributed by atoms with Crippen molar-refractivity contribution < 1.29 is 18.0 Å². The van der Waals surface area contributed by atoms with E-state index in [-0.39, 0.29) is 30.5 Å². The lowest BCUT2D eigenvalue weighted by molar-refractivity contribution is -0.123. The normalized spacial score (nSPS) is 16.3. The molecule has 0 aromatic heterocycles. The Morgan fingerprint density at radius 2 is 1.74 bits per heavy atom. The highest BCUT2D eigenvalue weighted by atomic mass is 32.2. The lowest BCUT2D eigenvalue weighted by atomic mass is 10.00. The summed E-state index contributed by atoms with van der Waals surface area (Å²) in [4.78, 5) is 30.7. The summed E-state index contributed by atoms with van der Waals surface area (Å²) in [5, 5.41) is 6.85. The maximum Gasteiger partial charge on any atom is 0.258 e. The Hall–Kier alpha value is -2.56. The van der Waals surface area contributed by atoms with Crippen LogP contribution in [0.1, 0.15) is 30.6 Å². The van der Waals surface area contributed by atoms with Crippen LogP contribution in [0, 0.1) is 0 Å². The molecule has 0 aliphatic carbocycles. The zero-order valence-corrected chi connectivity index (χ0v) is 19.6. The number of fused-ring (bicyclic) bond motifs is 1. The number of hydrogen-bond acceptors (Lipinski definition) is 5. The number of rotatable bonds is 6. The lowest BCUT2D eigenvalue weighted by Gasteiger charge is -2.29. The SMILES string of the molecule is CN(C)C(=O)c1ccc(N2C(=O)C(C)(C)N(CCCS(N)(=O)=O)C2=S)c2ccccc12. The summed E-state index contributed by atoms with van der Waals surface area (Å²) in [7, 11) is -0.230. The molecule has 166 valence electrons. The molecule has 0 bridgehead atoms. The zero-order chi connectivity index (χ0) is 23.1. The van der Waals surface area contributed by atoms with Crippen LogP contribution in [0.5, 0.6) is 0 Å². The summed E-state index contributed by atoms with van der Waals surface area (Å²) in [6, 6.07) is 10.8. The fourth-order valence-electron chi connectivity index (χ4n) is 3.75. The topological polar surface area (TPSA) is 104 Å². The van der Waals surface area contributed by atoms with Crippen molar-refractivity contribution in [2.24, 2.45) is 5.14 Å². The highest BCUT2D eigenvalue weighted by Gasteiger charge is 2.49. The molecule has 2 amide bonds. The molecular formula is C21H26N4O4S2. The van der Waals surface area contributed by atoms with Crippen molar-refractivity contribution >= 4 is 55.6 Å². The zero-order valence-electron chi connectivity index (χ0n) is 18.0. The molecule has 10 heteroatoms. The second-order valence-electron chi connectivity index (χ2n) is 8.23. The van der Waals surface area contributed by atoms with E-state index < -0.39 is 15.6 Å². The van der Waals surface area contributed by atoms with E-state index in [2.05, 4.69) is 0 Å². The number of thiocarbonyl (C=S) groups is 1. The van der Waals surface area contributed by atoms with Crippen LogP contribution >= 0.6 is 12.2 Å². The van der Waals surface area contributed by atoms with Crippen molar-refractivity contribution in [3.8, 4) is 0 Å². The highest BCUT2D eigenvalue weighted by molar-refractivity contribution is 7.89. The first-order valence-corrected chi connectivity index (χ1v) is 11.9. The first-order valence-electron chi connectivity index (χ1n) is 9.76. The van der Waals surface area contributed by atoms with Crippen molar-refractivity contribution in [2.75, 3.05) is 31.3 Å². The number of sulfonamides is 1. The van der Waals surface area contributed by atoms with Gasteiger partial charge in [0.05, 0.1) is 11.4 Å². The Balaban J connectivity index is 2.05. The van der Waals surface area contributed by atoms with Crippen molar-refractivity contribution in [2.45, 2.75) is 25.8 Å². The highest BCUT2D eigenvalue weighted by Crippen LogP contribution is 2.37. The van der Waals surface area contributed by atoms with Gasteiger partial charge in [-0.05, 0) is 50.0 Å². The van der Waals surface area contributed by atoms with Crippen LogP contribution in [0.15, 0.2) is 36.4 Å². The van der Waals surface area contributed by atoms with Crippen molar-refractivity contribution in [3.63, 3.8) is 0 Å². The summed E-state index contributed by atoms with van der Waals surface area (Å²) < 4.78 is 22.6. The van der Waals surface area contributed by atoms with Crippen LogP contribution in [0.4, 0.5) is 5.69 Å². The Kier molecular flexibility index (Phi) is 6.09. The summed E-state index contributed by atoms with van der Waals surface area (Å²) in [6.45, 7) is 3.79. The molecule has 0 saturated carbocycles. The predicted molar refractivity (Wildman–Crippen MR) is 125 cm³/mol. The minimum atomic E-state index is -3.60. The van der Waals surface area contributed by atoms with E-state index in [0.717, 1.165) is 10.8 Å². The molecule has 0 spiro atoms. The van der Waals surface area contributed by atoms with Crippen LogP contribution in [0.2, 0.25) is 0 Å². The van der Waals surface area contributed by atoms with Gasteiger partial charge in [0, 0.05) is 31.6 Å². The minimum absolute atomic E-state index is 0.136. The molecule has 2 aromatic carbocycles. The summed E-state index contributed by atoms with van der Waals surface area (Å²) in [5.74, 6) is -0.548. The second-order valence-corrected chi connectivity index (χ2v) is 10.3. The molecule has 1 aliphatic rings. The molecule has 1 fully saturated rings. The van der Waals surface area contributed by atoms with Gasteiger partial charge in [-0.1, -0.05) is 24.3 Å². The number of anilines is 1. The van der Waals surface area contributed by atoms with Crippen LogP contribution in [-0.4, -0.2) is 67.1 Å². The summed E-state index contributed by atoms with van der Waals surface area (Å²) in [6.07, 6.45) is 0.251. The van der Waals surface area contributed by atoms with Gasteiger partial charge in [-0.2, -0.15) is 0 Å². The number of nitrogens with two attached hydrogens (primary N) is 1. The predicted octanol–water partition coefficient (Wildman–Crippen LogP) is 1.93. The van der Waals surface area contributed by atoms with Crippen LogP contribution < -0.4 is 10.0 Å². The molecule has 1 saturated heterocycles. The molecule has 0 atom stereocenters. The van der Waals surface area contributed by atoms with E-state index in [1.54, 1.807) is 45.0 Å². The van der Waals surface area contributed by atoms with E-state index in [9.17, 15) is 18.0 Å². The smallest absolute Gasteiger partial charge is 0.258 e. The van der Waals surface area contributed by atoms with E-state index in [1.807, 2.05) is 24.3 Å². The number of primary sulfonamides is 1. The standard InChI is InChI=1S/C21H26N4O4S2/c1-21(2)19(27)25(20(30)24(21)12-7-13-31(22,28)29)17-11-10-16(18(26)23(3)4)14-8-5-6-9-15(14)17/h5-6,8-11H,7,12-13H2,1-4H3,(H2,22,28,29). The molecule has 1 aliphatic heterocycles. The van der Waals surface area contributed by atoms with Gasteiger partial charge >= 0.3 is 0 Å². The maximum absolute atomic E-state index is 13.4.